The normalized spacial score (nSPS) is 9.93. The first-order valence-electron chi connectivity index (χ1n) is 3.66. The lowest BCUT2D eigenvalue weighted by molar-refractivity contribution is -0.131. The fraction of sp³-hybridized carbons (Fsp3) is 0.111. The number of aryl methyl sites for hydroxylation is 1. The molecule has 0 saturated carbocycles. The Morgan fingerprint density at radius 1 is 1.43 bits per heavy atom. The number of halogens is 2. The van der Waals surface area contributed by atoms with Crippen molar-refractivity contribution in [2.45, 2.75) is 6.92 Å². The van der Waals surface area contributed by atoms with Gasteiger partial charge in [-0.2, -0.15) is 0 Å². The van der Waals surface area contributed by atoms with Gasteiger partial charge in [-0.15, -0.1) is 0 Å². The Kier molecular flexibility index (Phi) is 3.00. The van der Waals surface area contributed by atoms with E-state index in [4.69, 9.17) is 5.11 Å². The van der Waals surface area contributed by atoms with Crippen LogP contribution in [0.2, 0.25) is 0 Å². The van der Waals surface area contributed by atoms with Crippen molar-refractivity contribution in [3.05, 3.63) is 33.5 Å². The van der Waals surface area contributed by atoms with Gasteiger partial charge in [-0.1, -0.05) is 15.9 Å². The number of hydrogen-bond donors (Lipinski definition) is 1. The first-order chi connectivity index (χ1) is 6.43. The predicted octanol–water partition coefficient (Wildman–Crippen LogP) is 2.16. The Labute approximate surface area is 87.7 Å². The lowest BCUT2D eigenvalue weighted by Gasteiger charge is -2.02. The van der Waals surface area contributed by atoms with E-state index in [1.807, 2.05) is 0 Å². The van der Waals surface area contributed by atoms with E-state index in [1.165, 1.54) is 13.0 Å². The van der Waals surface area contributed by atoms with Crippen LogP contribution in [0.15, 0.2) is 16.6 Å². The highest BCUT2D eigenvalue weighted by Crippen LogP contribution is 2.20. The highest BCUT2D eigenvalue weighted by molar-refractivity contribution is 9.10. The van der Waals surface area contributed by atoms with Crippen molar-refractivity contribution in [2.24, 2.45) is 0 Å². The molecule has 1 aromatic rings. The molecule has 0 aliphatic rings. The van der Waals surface area contributed by atoms with Crippen molar-refractivity contribution in [1.29, 1.82) is 0 Å². The van der Waals surface area contributed by atoms with Gasteiger partial charge in [-0.05, 0) is 24.6 Å². The molecule has 5 heteroatoms. The quantitative estimate of drug-likeness (QED) is 0.655. The van der Waals surface area contributed by atoms with E-state index in [1.54, 1.807) is 0 Å². The van der Waals surface area contributed by atoms with E-state index in [-0.39, 0.29) is 5.56 Å². The molecule has 1 aromatic carbocycles. The Bertz CT molecular complexity index is 415. The van der Waals surface area contributed by atoms with E-state index in [0.29, 0.717) is 4.47 Å². The lowest BCUT2D eigenvalue weighted by Crippen LogP contribution is -2.15. The topological polar surface area (TPSA) is 54.4 Å². The van der Waals surface area contributed by atoms with Crippen LogP contribution in [0.3, 0.4) is 0 Å². The van der Waals surface area contributed by atoms with Crippen molar-refractivity contribution < 1.29 is 19.1 Å². The fourth-order valence-corrected chi connectivity index (χ4v) is 1.58. The Balaban J connectivity index is 3.34. The third-order valence-corrected chi connectivity index (χ3v) is 2.12. The third-order valence-electron chi connectivity index (χ3n) is 1.66. The summed E-state index contributed by atoms with van der Waals surface area (Å²) in [6.07, 6.45) is 0. The molecule has 0 atom stereocenters. The van der Waals surface area contributed by atoms with Crippen LogP contribution in [-0.2, 0) is 4.79 Å². The number of ketones is 1. The number of carboxylic acid groups (broad SMARTS) is 1. The second-order valence-corrected chi connectivity index (χ2v) is 3.63. The highest BCUT2D eigenvalue weighted by Gasteiger charge is 2.20. The van der Waals surface area contributed by atoms with Gasteiger partial charge in [0.05, 0.1) is 5.56 Å². The van der Waals surface area contributed by atoms with Gasteiger partial charge in [-0.25, -0.2) is 9.18 Å². The zero-order valence-electron chi connectivity index (χ0n) is 7.17. The Hall–Kier alpha value is -1.23. The maximum atomic E-state index is 13.3. The van der Waals surface area contributed by atoms with Crippen LogP contribution in [0.25, 0.3) is 0 Å². The molecule has 74 valence electrons. The monoisotopic (exact) mass is 260 g/mol. The zero-order chi connectivity index (χ0) is 10.9. The van der Waals surface area contributed by atoms with Crippen LogP contribution in [0.1, 0.15) is 15.9 Å². The molecule has 14 heavy (non-hydrogen) atoms. The van der Waals surface area contributed by atoms with Crippen molar-refractivity contribution in [3.8, 4) is 0 Å². The smallest absolute Gasteiger partial charge is 0.377 e. The van der Waals surface area contributed by atoms with Gasteiger partial charge in [-0.3, -0.25) is 4.79 Å². The summed E-state index contributed by atoms with van der Waals surface area (Å²) in [5.74, 6) is -3.70. The molecule has 0 aliphatic carbocycles. The molecule has 0 bridgehead atoms. The van der Waals surface area contributed by atoms with Crippen LogP contribution < -0.4 is 0 Å². The van der Waals surface area contributed by atoms with Crippen LogP contribution in [-0.4, -0.2) is 16.9 Å². The molecule has 1 rings (SSSR count). The largest absolute Gasteiger partial charge is 0.475 e. The number of carbonyl (C=O) groups excluding carboxylic acids is 1. The summed E-state index contributed by atoms with van der Waals surface area (Å²) >= 11 is 3.05. The number of benzene rings is 1. The maximum Gasteiger partial charge on any atom is 0.377 e. The second kappa shape index (κ2) is 3.88. The molecule has 0 heterocycles. The van der Waals surface area contributed by atoms with E-state index < -0.39 is 23.1 Å². The molecular weight excluding hydrogens is 255 g/mol. The number of aliphatic carboxylic acids is 1. The summed E-state index contributed by atoms with van der Waals surface area (Å²) in [5.41, 5.74) is -0.201. The number of rotatable bonds is 2. The summed E-state index contributed by atoms with van der Waals surface area (Å²) in [5, 5.41) is 8.41. The molecule has 1 N–H and O–H groups in total. The van der Waals surface area contributed by atoms with Gasteiger partial charge in [0.2, 0.25) is 0 Å². The second-order valence-electron chi connectivity index (χ2n) is 2.72. The Morgan fingerprint density at radius 2 is 2.00 bits per heavy atom. The van der Waals surface area contributed by atoms with Crippen LogP contribution in [0.5, 0.6) is 0 Å². The van der Waals surface area contributed by atoms with E-state index >= 15 is 0 Å². The van der Waals surface area contributed by atoms with Gasteiger partial charge in [0.25, 0.3) is 5.78 Å². The molecule has 0 amide bonds. The van der Waals surface area contributed by atoms with Gasteiger partial charge >= 0.3 is 5.97 Å². The van der Waals surface area contributed by atoms with Gasteiger partial charge in [0.15, 0.2) is 0 Å². The summed E-state index contributed by atoms with van der Waals surface area (Å²) in [6.45, 7) is 1.46. The van der Waals surface area contributed by atoms with Crippen LogP contribution in [0, 0.1) is 12.7 Å². The molecule has 0 fully saturated rings. The molecular formula is C9H6BrFO3. The van der Waals surface area contributed by atoms with Gasteiger partial charge < -0.3 is 5.11 Å². The molecule has 0 unspecified atom stereocenters. The number of carboxylic acids is 1. The lowest BCUT2D eigenvalue weighted by atomic mass is 10.1. The Morgan fingerprint density at radius 3 is 2.50 bits per heavy atom. The molecule has 0 aliphatic heterocycles. The number of carbonyl (C=O) groups is 2. The average Bonchev–Trinajstić information content (AvgIpc) is 2.09. The summed E-state index contributed by atoms with van der Waals surface area (Å²) in [7, 11) is 0. The molecule has 3 nitrogen and oxygen atoms in total. The van der Waals surface area contributed by atoms with Crippen LogP contribution >= 0.6 is 15.9 Å². The third kappa shape index (κ3) is 1.98. The molecule has 0 aromatic heterocycles. The molecule has 0 radical (unpaired) electrons. The minimum Gasteiger partial charge on any atom is -0.475 e. The summed E-state index contributed by atoms with van der Waals surface area (Å²) < 4.78 is 13.8. The van der Waals surface area contributed by atoms with Gasteiger partial charge in [0.1, 0.15) is 5.82 Å². The zero-order valence-corrected chi connectivity index (χ0v) is 8.76. The maximum absolute atomic E-state index is 13.3. The van der Waals surface area contributed by atoms with Crippen molar-refractivity contribution in [1.82, 2.24) is 0 Å². The number of Topliss-reactive ketones (excluding diaryl/α,β-unsaturated/α-hetero) is 1. The van der Waals surface area contributed by atoms with Crippen molar-refractivity contribution in [3.63, 3.8) is 0 Å². The summed E-state index contributed by atoms with van der Waals surface area (Å²) in [4.78, 5) is 21.4. The average molecular weight is 261 g/mol. The first-order valence-corrected chi connectivity index (χ1v) is 4.46. The SMILES string of the molecule is Cc1cc(Br)cc(C(=O)C(=O)O)c1F. The molecule has 0 saturated heterocycles. The highest BCUT2D eigenvalue weighted by atomic mass is 79.9. The van der Waals surface area contributed by atoms with E-state index in [2.05, 4.69) is 15.9 Å². The first kappa shape index (κ1) is 10.8. The van der Waals surface area contributed by atoms with E-state index in [9.17, 15) is 14.0 Å². The van der Waals surface area contributed by atoms with Crippen LogP contribution in [0.4, 0.5) is 4.39 Å². The minimum absolute atomic E-state index is 0.226. The van der Waals surface area contributed by atoms with Crippen molar-refractivity contribution in [2.75, 3.05) is 0 Å². The standard InChI is InChI=1S/C9H6BrFO3/c1-4-2-5(10)3-6(7(4)11)8(12)9(13)14/h2-3H,1H3,(H,13,14). The fourth-order valence-electron chi connectivity index (χ4n) is 1.01. The number of hydrogen-bond acceptors (Lipinski definition) is 2. The minimum atomic E-state index is -1.67. The van der Waals surface area contributed by atoms with E-state index in [0.717, 1.165) is 6.07 Å². The summed E-state index contributed by atoms with van der Waals surface area (Å²) in [6, 6.07) is 2.62. The molecule has 0 spiro atoms. The predicted molar refractivity (Wildman–Crippen MR) is 50.8 cm³/mol. The van der Waals surface area contributed by atoms with Gasteiger partial charge in [0, 0.05) is 4.47 Å². The van der Waals surface area contributed by atoms with Crippen molar-refractivity contribution >= 4 is 27.7 Å².